The Balaban J connectivity index is 1.22. The topological polar surface area (TPSA) is 113 Å². The Morgan fingerprint density at radius 2 is 0.692 bits per heavy atom. The third kappa shape index (κ3) is 6.38. The molecule has 0 spiro atoms. The summed E-state index contributed by atoms with van der Waals surface area (Å²) in [4.78, 5) is 36.7. The van der Waals surface area contributed by atoms with Crippen molar-refractivity contribution in [3.8, 4) is 68.1 Å². The van der Waals surface area contributed by atoms with E-state index in [1.165, 1.54) is 12.1 Å². The van der Waals surface area contributed by atoms with Gasteiger partial charge in [0.2, 0.25) is 0 Å². The highest BCUT2D eigenvalue weighted by Gasteiger charge is 2.24. The lowest BCUT2D eigenvalue weighted by Gasteiger charge is -2.22. The monoisotopic (exact) mass is 846 g/mol. The Bertz CT molecular complexity index is 3590. The number of benzene rings is 6. The molecule has 0 fully saturated rings. The lowest BCUT2D eigenvalue weighted by Crippen LogP contribution is -2.06. The highest BCUT2D eigenvalue weighted by Crippen LogP contribution is 2.44. The van der Waals surface area contributed by atoms with E-state index in [0.717, 1.165) is 83.2 Å². The first-order valence-corrected chi connectivity index (χ1v) is 20.8. The zero-order valence-corrected chi connectivity index (χ0v) is 34.5. The third-order valence-electron chi connectivity index (χ3n) is 11.9. The first-order chi connectivity index (χ1) is 32.0. The molecule has 0 aliphatic rings. The van der Waals surface area contributed by atoms with E-state index in [0.29, 0.717) is 40.1 Å². The number of halogens is 2. The van der Waals surface area contributed by atoms with E-state index in [4.69, 9.17) is 0 Å². The molecule has 0 aliphatic heterocycles. The van der Waals surface area contributed by atoms with Crippen LogP contribution in [0.5, 0.6) is 0 Å². The number of fused-ring (bicyclic) bond motifs is 6. The van der Waals surface area contributed by atoms with Crippen LogP contribution in [0.25, 0.3) is 112 Å². The molecule has 0 atom stereocenters. The summed E-state index contributed by atoms with van der Waals surface area (Å²) in [6.07, 6.45) is 13.8. The average Bonchev–Trinajstić information content (AvgIpc) is 3.85. The molecule has 0 saturated carbocycles. The molecule has 0 unspecified atom stereocenters. The van der Waals surface area contributed by atoms with Gasteiger partial charge in [0.05, 0.1) is 33.4 Å². The second kappa shape index (κ2) is 15.2. The van der Waals surface area contributed by atoms with Crippen molar-refractivity contribution in [2.24, 2.45) is 0 Å². The zero-order valence-electron chi connectivity index (χ0n) is 34.5. The van der Waals surface area contributed by atoms with Gasteiger partial charge >= 0.3 is 0 Å². The fourth-order valence-corrected chi connectivity index (χ4v) is 9.05. The maximum Gasteiger partial charge on any atom is 0.159 e. The Morgan fingerprint density at radius 3 is 1.05 bits per heavy atom. The molecule has 308 valence electrons. The van der Waals surface area contributed by atoms with Crippen LogP contribution in [0.4, 0.5) is 8.78 Å². The molecule has 12 aromatic rings. The normalized spacial score (nSPS) is 11.6. The van der Waals surface area contributed by atoms with Crippen LogP contribution in [0.15, 0.2) is 177 Å². The van der Waals surface area contributed by atoms with E-state index in [9.17, 15) is 0 Å². The van der Waals surface area contributed by atoms with Crippen molar-refractivity contribution < 1.29 is 8.78 Å². The number of aromatic nitrogens is 10. The van der Waals surface area contributed by atoms with Crippen LogP contribution in [0.2, 0.25) is 0 Å². The van der Waals surface area contributed by atoms with E-state index in [2.05, 4.69) is 104 Å². The number of nitrogens with zero attached hydrogens (tertiary/aromatic N) is 10. The lowest BCUT2D eigenvalue weighted by molar-refractivity contribution is 0.584. The predicted molar refractivity (Wildman–Crippen MR) is 249 cm³/mol. The molecule has 12 rings (SSSR count). The molecule has 0 saturated heterocycles. The lowest BCUT2D eigenvalue weighted by atomic mass is 9.97. The van der Waals surface area contributed by atoms with E-state index in [-0.39, 0.29) is 0 Å². The van der Waals surface area contributed by atoms with Gasteiger partial charge in [-0.25, -0.2) is 48.7 Å². The van der Waals surface area contributed by atoms with Crippen molar-refractivity contribution in [3.05, 3.63) is 194 Å². The molecule has 6 aromatic carbocycles. The molecular weight excluding hydrogens is 815 g/mol. The Labute approximate surface area is 369 Å². The van der Waals surface area contributed by atoms with Crippen molar-refractivity contribution in [2.45, 2.75) is 6.92 Å². The summed E-state index contributed by atoms with van der Waals surface area (Å²) in [6, 6.07) is 39.6. The Kier molecular flexibility index (Phi) is 8.83. The van der Waals surface area contributed by atoms with Gasteiger partial charge in [-0.1, -0.05) is 54.6 Å². The van der Waals surface area contributed by atoms with Gasteiger partial charge in [-0.3, -0.25) is 0 Å². The average molecular weight is 847 g/mol. The molecule has 12 heteroatoms. The quantitative estimate of drug-likeness (QED) is 0.156. The standard InChI is InChI=1S/C53H32F2N10/c1-31-44(64-45-26-32(50-56-16-2-17-57-50)6-10-40(45)41-11-7-33(27-46(41)64)51-58-18-3-19-59-51)15-14-39(36-24-37(54)30-38(55)25-36)49(31)65-47-28-34(52-60-20-4-21-61-52)8-12-42(47)43-13-9-35(29-48(43)65)53-62-22-5-23-63-53/h2-30H,1H3. The van der Waals surface area contributed by atoms with Crippen molar-refractivity contribution >= 4 is 43.6 Å². The van der Waals surface area contributed by atoms with E-state index in [1.54, 1.807) is 73.8 Å². The third-order valence-corrected chi connectivity index (χ3v) is 11.9. The van der Waals surface area contributed by atoms with E-state index in [1.807, 2.05) is 36.4 Å². The smallest absolute Gasteiger partial charge is 0.159 e. The number of rotatable bonds is 7. The zero-order chi connectivity index (χ0) is 43.6. The van der Waals surface area contributed by atoms with Crippen LogP contribution in [0.1, 0.15) is 5.56 Å². The van der Waals surface area contributed by atoms with Crippen LogP contribution in [0.3, 0.4) is 0 Å². The van der Waals surface area contributed by atoms with Crippen LogP contribution in [-0.4, -0.2) is 49.0 Å². The molecule has 0 aliphatic carbocycles. The van der Waals surface area contributed by atoms with Gasteiger partial charge in [0.15, 0.2) is 23.3 Å². The Hall–Kier alpha value is -8.90. The van der Waals surface area contributed by atoms with E-state index < -0.39 is 11.6 Å². The summed E-state index contributed by atoms with van der Waals surface area (Å²) in [5.41, 5.74) is 10.1. The van der Waals surface area contributed by atoms with Gasteiger partial charge < -0.3 is 9.13 Å². The summed E-state index contributed by atoms with van der Waals surface area (Å²) in [5.74, 6) is 0.930. The minimum Gasteiger partial charge on any atom is -0.309 e. The molecular formula is C53H32F2N10. The highest BCUT2D eigenvalue weighted by atomic mass is 19.1. The summed E-state index contributed by atoms with van der Waals surface area (Å²) in [5, 5.41) is 3.93. The minimum absolute atomic E-state index is 0.376. The summed E-state index contributed by atoms with van der Waals surface area (Å²) >= 11 is 0. The maximum atomic E-state index is 15.4. The molecule has 0 N–H and O–H groups in total. The van der Waals surface area contributed by atoms with Crippen LogP contribution >= 0.6 is 0 Å². The predicted octanol–water partition coefficient (Wildman–Crippen LogP) is 12.0. The van der Waals surface area contributed by atoms with Gasteiger partial charge in [-0.2, -0.15) is 0 Å². The van der Waals surface area contributed by atoms with Crippen molar-refractivity contribution in [1.82, 2.24) is 49.0 Å². The Morgan fingerprint density at radius 1 is 0.354 bits per heavy atom. The van der Waals surface area contributed by atoms with Gasteiger partial charge in [-0.05, 0) is 84.8 Å². The first-order valence-electron chi connectivity index (χ1n) is 20.8. The van der Waals surface area contributed by atoms with Crippen LogP contribution < -0.4 is 0 Å². The number of hydrogen-bond acceptors (Lipinski definition) is 8. The molecule has 6 heterocycles. The fraction of sp³-hybridized carbons (Fsp3) is 0.0189. The molecule has 0 amide bonds. The first kappa shape index (κ1) is 37.8. The molecule has 0 radical (unpaired) electrons. The maximum absolute atomic E-state index is 15.4. The van der Waals surface area contributed by atoms with Gasteiger partial charge in [0, 0.05) is 105 Å². The van der Waals surface area contributed by atoms with Crippen molar-refractivity contribution in [1.29, 1.82) is 0 Å². The van der Waals surface area contributed by atoms with Crippen LogP contribution in [0, 0.1) is 18.6 Å². The summed E-state index contributed by atoms with van der Waals surface area (Å²) in [6.45, 7) is 2.06. The van der Waals surface area contributed by atoms with Crippen LogP contribution in [-0.2, 0) is 0 Å². The fourth-order valence-electron chi connectivity index (χ4n) is 9.05. The molecule has 65 heavy (non-hydrogen) atoms. The second-order valence-electron chi connectivity index (χ2n) is 15.7. The number of hydrogen-bond donors (Lipinski definition) is 0. The molecule has 10 nitrogen and oxygen atoms in total. The van der Waals surface area contributed by atoms with Gasteiger partial charge in [0.1, 0.15) is 11.6 Å². The van der Waals surface area contributed by atoms with E-state index >= 15 is 8.78 Å². The summed E-state index contributed by atoms with van der Waals surface area (Å²) < 4.78 is 35.2. The summed E-state index contributed by atoms with van der Waals surface area (Å²) in [7, 11) is 0. The molecule has 0 bridgehead atoms. The minimum atomic E-state index is -0.685. The van der Waals surface area contributed by atoms with Gasteiger partial charge in [0.25, 0.3) is 0 Å². The highest BCUT2D eigenvalue weighted by molar-refractivity contribution is 6.13. The largest absolute Gasteiger partial charge is 0.309 e. The molecule has 6 aromatic heterocycles. The van der Waals surface area contributed by atoms with Crippen molar-refractivity contribution in [2.75, 3.05) is 0 Å². The SMILES string of the molecule is Cc1c(-n2c3cc(-c4ncccn4)ccc3c3ccc(-c4ncccn4)cc32)ccc(-c2cc(F)cc(F)c2)c1-n1c2cc(-c3ncccn3)ccc2c2ccc(-c3ncccn3)cc21. The van der Waals surface area contributed by atoms with Gasteiger partial charge in [-0.15, -0.1) is 0 Å². The second-order valence-corrected chi connectivity index (χ2v) is 15.7. The van der Waals surface area contributed by atoms with Crippen molar-refractivity contribution in [3.63, 3.8) is 0 Å².